The van der Waals surface area contributed by atoms with Crippen molar-refractivity contribution >= 4 is 33.2 Å². The first kappa shape index (κ1) is 13.2. The van der Waals surface area contributed by atoms with Gasteiger partial charge >= 0.3 is 0 Å². The second-order valence-electron chi connectivity index (χ2n) is 4.86. The lowest BCUT2D eigenvalue weighted by Crippen LogP contribution is -2.58. The van der Waals surface area contributed by atoms with Gasteiger partial charge in [0, 0.05) is 29.6 Å². The van der Waals surface area contributed by atoms with E-state index in [2.05, 4.69) is 46.1 Å². The molecule has 0 aromatic heterocycles. The van der Waals surface area contributed by atoms with E-state index in [9.17, 15) is 0 Å². The molecule has 0 spiro atoms. The molecule has 2 rings (SSSR count). The van der Waals surface area contributed by atoms with E-state index in [1.54, 1.807) is 0 Å². The summed E-state index contributed by atoms with van der Waals surface area (Å²) in [5.41, 5.74) is 1.31. The lowest BCUT2D eigenvalue weighted by Gasteiger charge is -2.42. The number of benzene rings is 1. The van der Waals surface area contributed by atoms with Crippen LogP contribution in [-0.2, 0) is 0 Å². The highest BCUT2D eigenvalue weighted by atomic mass is 79.9. The van der Waals surface area contributed by atoms with Gasteiger partial charge in [-0.3, -0.25) is 0 Å². The molecule has 1 aliphatic heterocycles. The molecule has 1 N–H and O–H groups in total. The van der Waals surface area contributed by atoms with E-state index in [4.69, 9.17) is 11.6 Å². The minimum atomic E-state index is 0.184. The Morgan fingerprint density at radius 3 is 3.00 bits per heavy atom. The molecule has 94 valence electrons. The van der Waals surface area contributed by atoms with Crippen molar-refractivity contribution in [3.8, 4) is 0 Å². The van der Waals surface area contributed by atoms with Crippen molar-refractivity contribution in [2.45, 2.75) is 25.8 Å². The standard InChI is InChI=1S/C13H18BrClN2/c1-3-13(2)9-17(7-6-16-13)12-8-10(14)4-5-11(12)15/h4-5,8,16H,3,6-7,9H2,1-2H3. The number of hydrogen-bond acceptors (Lipinski definition) is 2. The Bertz CT molecular complexity index is 410. The van der Waals surface area contributed by atoms with Gasteiger partial charge in [-0.05, 0) is 31.5 Å². The van der Waals surface area contributed by atoms with Crippen molar-refractivity contribution in [2.75, 3.05) is 24.5 Å². The summed E-state index contributed by atoms with van der Waals surface area (Å²) in [6.07, 6.45) is 1.12. The van der Waals surface area contributed by atoms with Gasteiger partial charge in [-0.15, -0.1) is 0 Å². The fraction of sp³-hybridized carbons (Fsp3) is 0.538. The fourth-order valence-corrected chi connectivity index (χ4v) is 2.81. The minimum absolute atomic E-state index is 0.184. The van der Waals surface area contributed by atoms with Gasteiger partial charge in [0.05, 0.1) is 10.7 Å². The maximum absolute atomic E-state index is 6.28. The molecule has 2 nitrogen and oxygen atoms in total. The largest absolute Gasteiger partial charge is 0.367 e. The molecule has 1 heterocycles. The van der Waals surface area contributed by atoms with E-state index < -0.39 is 0 Å². The van der Waals surface area contributed by atoms with Crippen molar-refractivity contribution in [1.82, 2.24) is 5.32 Å². The van der Waals surface area contributed by atoms with E-state index in [1.807, 2.05) is 12.1 Å². The summed E-state index contributed by atoms with van der Waals surface area (Å²) in [6.45, 7) is 7.50. The number of nitrogens with one attached hydrogen (secondary N) is 1. The Labute approximate surface area is 116 Å². The van der Waals surface area contributed by atoms with Crippen LogP contribution in [0.4, 0.5) is 5.69 Å². The van der Waals surface area contributed by atoms with Crippen LogP contribution in [-0.4, -0.2) is 25.2 Å². The van der Waals surface area contributed by atoms with Crippen molar-refractivity contribution < 1.29 is 0 Å². The van der Waals surface area contributed by atoms with E-state index >= 15 is 0 Å². The maximum atomic E-state index is 6.28. The topological polar surface area (TPSA) is 15.3 Å². The zero-order valence-corrected chi connectivity index (χ0v) is 12.6. The van der Waals surface area contributed by atoms with Crippen LogP contribution in [0.25, 0.3) is 0 Å². The summed E-state index contributed by atoms with van der Waals surface area (Å²) in [7, 11) is 0. The number of halogens is 2. The van der Waals surface area contributed by atoms with Gasteiger partial charge in [0.2, 0.25) is 0 Å². The summed E-state index contributed by atoms with van der Waals surface area (Å²) in [4.78, 5) is 2.37. The summed E-state index contributed by atoms with van der Waals surface area (Å²) >= 11 is 9.79. The first-order chi connectivity index (χ1) is 8.04. The Morgan fingerprint density at radius 1 is 1.53 bits per heavy atom. The van der Waals surface area contributed by atoms with Crippen LogP contribution in [0.15, 0.2) is 22.7 Å². The second kappa shape index (κ2) is 5.17. The predicted octanol–water partition coefficient (Wildman–Crippen LogP) is 3.68. The van der Waals surface area contributed by atoms with E-state index in [1.165, 1.54) is 0 Å². The third kappa shape index (κ3) is 2.95. The van der Waals surface area contributed by atoms with Crippen LogP contribution in [0.1, 0.15) is 20.3 Å². The lowest BCUT2D eigenvalue weighted by molar-refractivity contribution is 0.314. The third-order valence-electron chi connectivity index (χ3n) is 3.50. The minimum Gasteiger partial charge on any atom is -0.367 e. The Balaban J connectivity index is 2.24. The highest BCUT2D eigenvalue weighted by Gasteiger charge is 2.29. The lowest BCUT2D eigenvalue weighted by atomic mass is 9.95. The number of hydrogen-bond donors (Lipinski definition) is 1. The summed E-state index contributed by atoms with van der Waals surface area (Å²) in [5, 5.41) is 4.41. The fourth-order valence-electron chi connectivity index (χ4n) is 2.22. The zero-order valence-electron chi connectivity index (χ0n) is 10.3. The smallest absolute Gasteiger partial charge is 0.0640 e. The molecule has 1 atom stereocenters. The van der Waals surface area contributed by atoms with Gasteiger partial charge in [-0.2, -0.15) is 0 Å². The van der Waals surface area contributed by atoms with E-state index in [0.29, 0.717) is 0 Å². The molecule has 4 heteroatoms. The van der Waals surface area contributed by atoms with Crippen molar-refractivity contribution in [3.05, 3.63) is 27.7 Å². The first-order valence-electron chi connectivity index (χ1n) is 5.99. The number of rotatable bonds is 2. The molecule has 17 heavy (non-hydrogen) atoms. The first-order valence-corrected chi connectivity index (χ1v) is 7.16. The number of piperazine rings is 1. The van der Waals surface area contributed by atoms with Crippen molar-refractivity contribution in [3.63, 3.8) is 0 Å². The van der Waals surface area contributed by atoms with Crippen molar-refractivity contribution in [2.24, 2.45) is 0 Å². The van der Waals surface area contributed by atoms with Gasteiger partial charge in [0.25, 0.3) is 0 Å². The molecular formula is C13H18BrClN2. The molecular weight excluding hydrogens is 300 g/mol. The molecule has 1 saturated heterocycles. The normalized spacial score (nSPS) is 25.1. The average molecular weight is 318 g/mol. The summed E-state index contributed by atoms with van der Waals surface area (Å²) in [5.74, 6) is 0. The molecule has 1 aliphatic rings. The van der Waals surface area contributed by atoms with Gasteiger partial charge in [0.15, 0.2) is 0 Å². The molecule has 0 amide bonds. The van der Waals surface area contributed by atoms with Crippen LogP contribution in [0.2, 0.25) is 5.02 Å². The SMILES string of the molecule is CCC1(C)CN(c2cc(Br)ccc2Cl)CCN1. The van der Waals surface area contributed by atoms with Crippen LogP contribution >= 0.6 is 27.5 Å². The van der Waals surface area contributed by atoms with Gasteiger partial charge in [-0.1, -0.05) is 34.5 Å². The predicted molar refractivity (Wildman–Crippen MR) is 78.1 cm³/mol. The van der Waals surface area contributed by atoms with Gasteiger partial charge in [-0.25, -0.2) is 0 Å². The zero-order chi connectivity index (χ0) is 12.5. The molecule has 0 saturated carbocycles. The second-order valence-corrected chi connectivity index (χ2v) is 6.18. The molecule has 0 radical (unpaired) electrons. The van der Waals surface area contributed by atoms with Crippen molar-refractivity contribution in [1.29, 1.82) is 0 Å². The molecule has 1 unspecified atom stereocenters. The highest BCUT2D eigenvalue weighted by molar-refractivity contribution is 9.10. The quantitative estimate of drug-likeness (QED) is 0.895. The summed E-state index contributed by atoms with van der Waals surface area (Å²) in [6, 6.07) is 6.03. The molecule has 0 bridgehead atoms. The third-order valence-corrected chi connectivity index (χ3v) is 4.32. The van der Waals surface area contributed by atoms with Crippen LogP contribution in [0.3, 0.4) is 0 Å². The van der Waals surface area contributed by atoms with Gasteiger partial charge in [0.1, 0.15) is 0 Å². The molecule has 1 aromatic rings. The Kier molecular flexibility index (Phi) is 4.01. The number of anilines is 1. The monoisotopic (exact) mass is 316 g/mol. The molecule has 1 fully saturated rings. The van der Waals surface area contributed by atoms with E-state index in [0.717, 1.165) is 41.2 Å². The highest BCUT2D eigenvalue weighted by Crippen LogP contribution is 2.31. The Hall–Kier alpha value is -0.250. The van der Waals surface area contributed by atoms with Crippen LogP contribution < -0.4 is 10.2 Å². The summed E-state index contributed by atoms with van der Waals surface area (Å²) < 4.78 is 1.08. The molecule has 0 aliphatic carbocycles. The number of nitrogens with zero attached hydrogens (tertiary/aromatic N) is 1. The van der Waals surface area contributed by atoms with Crippen LogP contribution in [0.5, 0.6) is 0 Å². The maximum Gasteiger partial charge on any atom is 0.0640 e. The van der Waals surface area contributed by atoms with E-state index in [-0.39, 0.29) is 5.54 Å². The average Bonchev–Trinajstić information content (AvgIpc) is 2.32. The van der Waals surface area contributed by atoms with Gasteiger partial charge < -0.3 is 10.2 Å². The van der Waals surface area contributed by atoms with Crippen LogP contribution in [0, 0.1) is 0 Å². The Morgan fingerprint density at radius 2 is 2.29 bits per heavy atom. The molecule has 1 aromatic carbocycles.